The first-order valence-electron chi connectivity index (χ1n) is 8.33. The van der Waals surface area contributed by atoms with E-state index in [4.69, 9.17) is 4.42 Å². The summed E-state index contributed by atoms with van der Waals surface area (Å²) in [7, 11) is 0. The number of amides is 2. The summed E-state index contributed by atoms with van der Waals surface area (Å²) in [5.41, 5.74) is 3.38. The van der Waals surface area contributed by atoms with Crippen molar-refractivity contribution in [2.75, 3.05) is 11.4 Å². The minimum absolute atomic E-state index is 0.0679. The van der Waals surface area contributed by atoms with E-state index in [9.17, 15) is 9.59 Å². The predicted molar refractivity (Wildman–Crippen MR) is 98.9 cm³/mol. The van der Waals surface area contributed by atoms with Crippen LogP contribution in [-0.4, -0.2) is 23.9 Å². The van der Waals surface area contributed by atoms with Gasteiger partial charge in [-0.15, -0.1) is 0 Å². The molecule has 2 rings (SSSR count). The Labute approximate surface area is 149 Å². The van der Waals surface area contributed by atoms with Gasteiger partial charge in [0, 0.05) is 5.54 Å². The van der Waals surface area contributed by atoms with Crippen LogP contribution in [0.25, 0.3) is 0 Å². The van der Waals surface area contributed by atoms with Crippen LogP contribution in [-0.2, 0) is 4.79 Å². The molecule has 5 heteroatoms. The first-order chi connectivity index (χ1) is 11.6. The lowest BCUT2D eigenvalue weighted by atomic mass is 10.0. The third-order valence-corrected chi connectivity index (χ3v) is 3.70. The van der Waals surface area contributed by atoms with Gasteiger partial charge in [-0.3, -0.25) is 14.5 Å². The van der Waals surface area contributed by atoms with Gasteiger partial charge in [-0.1, -0.05) is 17.7 Å². The average Bonchev–Trinajstić information content (AvgIpc) is 2.96. The fourth-order valence-electron chi connectivity index (χ4n) is 2.99. The molecule has 0 unspecified atom stereocenters. The number of benzene rings is 1. The summed E-state index contributed by atoms with van der Waals surface area (Å²) in [6, 6.07) is 7.28. The van der Waals surface area contributed by atoms with Gasteiger partial charge in [0.25, 0.3) is 5.91 Å². The van der Waals surface area contributed by atoms with Crippen molar-refractivity contribution in [2.24, 2.45) is 0 Å². The van der Waals surface area contributed by atoms with Crippen molar-refractivity contribution < 1.29 is 14.0 Å². The van der Waals surface area contributed by atoms with Crippen LogP contribution >= 0.6 is 0 Å². The molecule has 0 aliphatic heterocycles. The molecule has 1 aromatic heterocycles. The maximum absolute atomic E-state index is 12.9. The standard InChI is InChI=1S/C20H26N2O3/c1-13-10-14(2)18(15(3)11-13)22(12-17(23)21-20(4,5)6)19(24)16-8-7-9-25-16/h7-11H,12H2,1-6H3,(H,21,23). The number of hydrogen-bond acceptors (Lipinski definition) is 3. The van der Waals surface area contributed by atoms with E-state index in [1.165, 1.54) is 11.2 Å². The highest BCUT2D eigenvalue weighted by Crippen LogP contribution is 2.28. The molecular weight excluding hydrogens is 316 g/mol. The number of nitrogens with zero attached hydrogens (tertiary/aromatic N) is 1. The van der Waals surface area contributed by atoms with Crippen LogP contribution in [0.3, 0.4) is 0 Å². The van der Waals surface area contributed by atoms with Crippen LogP contribution < -0.4 is 10.2 Å². The molecule has 134 valence electrons. The van der Waals surface area contributed by atoms with Crippen molar-refractivity contribution in [3.63, 3.8) is 0 Å². The van der Waals surface area contributed by atoms with E-state index in [1.54, 1.807) is 12.1 Å². The molecule has 0 aliphatic carbocycles. The van der Waals surface area contributed by atoms with E-state index in [0.29, 0.717) is 0 Å². The highest BCUT2D eigenvalue weighted by atomic mass is 16.3. The van der Waals surface area contributed by atoms with Gasteiger partial charge in [-0.25, -0.2) is 0 Å². The van der Waals surface area contributed by atoms with E-state index in [1.807, 2.05) is 53.7 Å². The zero-order valence-electron chi connectivity index (χ0n) is 15.8. The number of anilines is 1. The second-order valence-corrected chi connectivity index (χ2v) is 7.41. The predicted octanol–water partition coefficient (Wildman–Crippen LogP) is 3.77. The van der Waals surface area contributed by atoms with Crippen molar-refractivity contribution in [1.82, 2.24) is 5.32 Å². The average molecular weight is 342 g/mol. The second-order valence-electron chi connectivity index (χ2n) is 7.41. The van der Waals surface area contributed by atoms with Gasteiger partial charge in [0.15, 0.2) is 5.76 Å². The SMILES string of the molecule is Cc1cc(C)c(N(CC(=O)NC(C)(C)C)C(=O)c2ccco2)c(C)c1. The molecule has 2 amide bonds. The monoisotopic (exact) mass is 342 g/mol. The molecule has 5 nitrogen and oxygen atoms in total. The molecule has 2 aromatic rings. The van der Waals surface area contributed by atoms with E-state index in [-0.39, 0.29) is 29.7 Å². The Hall–Kier alpha value is -2.56. The van der Waals surface area contributed by atoms with Gasteiger partial charge in [0.2, 0.25) is 5.91 Å². The Balaban J connectivity index is 2.43. The molecule has 25 heavy (non-hydrogen) atoms. The van der Waals surface area contributed by atoms with Crippen LogP contribution in [0.4, 0.5) is 5.69 Å². The molecule has 0 saturated carbocycles. The van der Waals surface area contributed by atoms with Crippen LogP contribution in [0.1, 0.15) is 48.0 Å². The topological polar surface area (TPSA) is 62.6 Å². The lowest BCUT2D eigenvalue weighted by Gasteiger charge is -2.28. The highest BCUT2D eigenvalue weighted by Gasteiger charge is 2.26. The fraction of sp³-hybridized carbons (Fsp3) is 0.400. The zero-order valence-corrected chi connectivity index (χ0v) is 15.8. The molecule has 1 aromatic carbocycles. The van der Waals surface area contributed by atoms with Gasteiger partial charge in [-0.05, 0) is 64.8 Å². The maximum atomic E-state index is 12.9. The summed E-state index contributed by atoms with van der Waals surface area (Å²) in [6.07, 6.45) is 1.45. The number of carbonyl (C=O) groups excluding carboxylic acids is 2. The molecule has 0 bridgehead atoms. The van der Waals surface area contributed by atoms with Crippen molar-refractivity contribution in [1.29, 1.82) is 0 Å². The third-order valence-electron chi connectivity index (χ3n) is 3.70. The maximum Gasteiger partial charge on any atom is 0.294 e. The zero-order chi connectivity index (χ0) is 18.8. The summed E-state index contributed by atoms with van der Waals surface area (Å²) < 4.78 is 5.26. The Kier molecular flexibility index (Phi) is 5.36. The fourth-order valence-corrected chi connectivity index (χ4v) is 2.99. The van der Waals surface area contributed by atoms with Crippen LogP contribution in [0, 0.1) is 20.8 Å². The Morgan fingerprint density at radius 3 is 2.20 bits per heavy atom. The van der Waals surface area contributed by atoms with Crippen molar-refractivity contribution in [3.05, 3.63) is 53.0 Å². The minimum atomic E-state index is -0.367. The smallest absolute Gasteiger partial charge is 0.294 e. The van der Waals surface area contributed by atoms with Crippen molar-refractivity contribution >= 4 is 17.5 Å². The first kappa shape index (κ1) is 18.8. The normalized spacial score (nSPS) is 11.3. The minimum Gasteiger partial charge on any atom is -0.459 e. The number of aryl methyl sites for hydroxylation is 3. The number of furan rings is 1. The number of nitrogens with one attached hydrogen (secondary N) is 1. The molecule has 1 N–H and O–H groups in total. The molecule has 1 heterocycles. The van der Waals surface area contributed by atoms with E-state index in [0.717, 1.165) is 22.4 Å². The lowest BCUT2D eigenvalue weighted by molar-refractivity contribution is -0.121. The number of rotatable bonds is 4. The van der Waals surface area contributed by atoms with Crippen LogP contribution in [0.15, 0.2) is 34.9 Å². The molecule has 0 fully saturated rings. The molecule has 0 aliphatic rings. The van der Waals surface area contributed by atoms with Crippen molar-refractivity contribution in [2.45, 2.75) is 47.1 Å². The first-order valence-corrected chi connectivity index (χ1v) is 8.33. The summed E-state index contributed by atoms with van der Waals surface area (Å²) >= 11 is 0. The number of carbonyl (C=O) groups is 2. The van der Waals surface area contributed by atoms with Gasteiger partial charge < -0.3 is 9.73 Å². The van der Waals surface area contributed by atoms with Crippen LogP contribution in [0.5, 0.6) is 0 Å². The van der Waals surface area contributed by atoms with Crippen LogP contribution in [0.2, 0.25) is 0 Å². The largest absolute Gasteiger partial charge is 0.459 e. The quantitative estimate of drug-likeness (QED) is 0.920. The van der Waals surface area contributed by atoms with E-state index in [2.05, 4.69) is 5.32 Å². The van der Waals surface area contributed by atoms with Gasteiger partial charge in [0.05, 0.1) is 12.0 Å². The van der Waals surface area contributed by atoms with Gasteiger partial charge >= 0.3 is 0 Å². The Morgan fingerprint density at radius 2 is 1.72 bits per heavy atom. The summed E-state index contributed by atoms with van der Waals surface area (Å²) in [6.45, 7) is 11.6. The third kappa shape index (κ3) is 4.72. The number of hydrogen-bond donors (Lipinski definition) is 1. The van der Waals surface area contributed by atoms with Gasteiger partial charge in [0.1, 0.15) is 6.54 Å². The summed E-state index contributed by atoms with van der Waals surface area (Å²) in [4.78, 5) is 26.9. The van der Waals surface area contributed by atoms with Gasteiger partial charge in [-0.2, -0.15) is 0 Å². The highest BCUT2D eigenvalue weighted by molar-refractivity contribution is 6.08. The van der Waals surface area contributed by atoms with E-state index < -0.39 is 0 Å². The van der Waals surface area contributed by atoms with E-state index >= 15 is 0 Å². The van der Waals surface area contributed by atoms with Crippen molar-refractivity contribution in [3.8, 4) is 0 Å². The molecular formula is C20H26N2O3. The Morgan fingerprint density at radius 1 is 1.12 bits per heavy atom. The Bertz CT molecular complexity index is 748. The molecule has 0 atom stereocenters. The molecule has 0 saturated heterocycles. The molecule has 0 spiro atoms. The summed E-state index contributed by atoms with van der Waals surface area (Å²) in [5.74, 6) is -0.334. The summed E-state index contributed by atoms with van der Waals surface area (Å²) in [5, 5.41) is 2.91. The molecule has 0 radical (unpaired) electrons. The second kappa shape index (κ2) is 7.13. The lowest BCUT2D eigenvalue weighted by Crippen LogP contribution is -2.47.